The fourth-order valence-corrected chi connectivity index (χ4v) is 2.15. The molecule has 0 aliphatic carbocycles. The number of carbonyl (C=O) groups is 2. The van der Waals surface area contributed by atoms with Crippen LogP contribution >= 0.6 is 0 Å². The average Bonchev–Trinajstić information content (AvgIpc) is 2.61. The van der Waals surface area contributed by atoms with Gasteiger partial charge in [-0.1, -0.05) is 58.0 Å². The summed E-state index contributed by atoms with van der Waals surface area (Å²) in [6, 6.07) is 15.9. The third-order valence-corrected chi connectivity index (χ3v) is 4.77. The van der Waals surface area contributed by atoms with E-state index in [-0.39, 0.29) is 23.4 Å². The van der Waals surface area contributed by atoms with Crippen LogP contribution in [0.3, 0.4) is 0 Å². The molecular formula is C22H26O3. The van der Waals surface area contributed by atoms with Gasteiger partial charge in [-0.3, -0.25) is 9.59 Å². The molecule has 2 rings (SSSR count). The predicted molar refractivity (Wildman–Crippen MR) is 100 cm³/mol. The van der Waals surface area contributed by atoms with Crippen LogP contribution in [-0.4, -0.2) is 18.2 Å². The molecule has 0 heterocycles. The van der Waals surface area contributed by atoms with Gasteiger partial charge >= 0.3 is 0 Å². The van der Waals surface area contributed by atoms with Crippen LogP contribution in [0, 0.1) is 11.3 Å². The third-order valence-electron chi connectivity index (χ3n) is 4.77. The standard InChI is InChI=1S/C22H26O3/c1-16(2)22(3,4)15-25-19-12-10-18(11-13-19)21(24)14-20(23)17-8-6-5-7-9-17/h5-13,16H,14-15H2,1-4H3. The number of hydrogen-bond donors (Lipinski definition) is 0. The van der Waals surface area contributed by atoms with Gasteiger partial charge in [-0.2, -0.15) is 0 Å². The molecule has 3 heteroatoms. The quantitative estimate of drug-likeness (QED) is 0.490. The molecule has 0 radical (unpaired) electrons. The van der Waals surface area contributed by atoms with Crippen LogP contribution in [-0.2, 0) is 0 Å². The van der Waals surface area contributed by atoms with Crippen LogP contribution in [0.5, 0.6) is 5.75 Å². The van der Waals surface area contributed by atoms with E-state index in [1.54, 1.807) is 48.5 Å². The van der Waals surface area contributed by atoms with Crippen molar-refractivity contribution in [2.24, 2.45) is 11.3 Å². The molecule has 3 nitrogen and oxygen atoms in total. The smallest absolute Gasteiger partial charge is 0.170 e. The molecule has 2 aromatic carbocycles. The van der Waals surface area contributed by atoms with E-state index < -0.39 is 0 Å². The first-order valence-corrected chi connectivity index (χ1v) is 8.64. The van der Waals surface area contributed by atoms with Gasteiger partial charge in [0.05, 0.1) is 13.0 Å². The summed E-state index contributed by atoms with van der Waals surface area (Å²) in [5.74, 6) is 0.907. The molecule has 0 atom stereocenters. The Balaban J connectivity index is 1.95. The van der Waals surface area contributed by atoms with Crippen LogP contribution in [0.15, 0.2) is 54.6 Å². The SMILES string of the molecule is CC(C)C(C)(C)COc1ccc(C(=O)CC(=O)c2ccccc2)cc1. The fraction of sp³-hybridized carbons (Fsp3) is 0.364. The van der Waals surface area contributed by atoms with Gasteiger partial charge < -0.3 is 4.74 Å². The lowest BCUT2D eigenvalue weighted by atomic mass is 9.82. The van der Waals surface area contributed by atoms with E-state index in [4.69, 9.17) is 4.74 Å². The van der Waals surface area contributed by atoms with Crippen molar-refractivity contribution in [3.63, 3.8) is 0 Å². The van der Waals surface area contributed by atoms with E-state index in [2.05, 4.69) is 27.7 Å². The second-order valence-electron chi connectivity index (χ2n) is 7.35. The molecule has 0 unspecified atom stereocenters. The summed E-state index contributed by atoms with van der Waals surface area (Å²) in [4.78, 5) is 24.4. The zero-order chi connectivity index (χ0) is 18.4. The molecule has 0 amide bonds. The Morgan fingerprint density at radius 2 is 1.40 bits per heavy atom. The zero-order valence-corrected chi connectivity index (χ0v) is 15.4. The van der Waals surface area contributed by atoms with E-state index in [1.165, 1.54) is 0 Å². The third kappa shape index (κ3) is 5.28. The molecule has 0 fully saturated rings. The first kappa shape index (κ1) is 18.9. The van der Waals surface area contributed by atoms with Crippen molar-refractivity contribution in [1.82, 2.24) is 0 Å². The Morgan fingerprint density at radius 3 is 1.92 bits per heavy atom. The predicted octanol–water partition coefficient (Wildman–Crippen LogP) is 5.20. The number of carbonyl (C=O) groups excluding carboxylic acids is 2. The van der Waals surface area contributed by atoms with Crippen LogP contribution in [0.4, 0.5) is 0 Å². The number of ketones is 2. The summed E-state index contributed by atoms with van der Waals surface area (Å²) in [5, 5.41) is 0. The molecular weight excluding hydrogens is 312 g/mol. The molecule has 0 aromatic heterocycles. The fourth-order valence-electron chi connectivity index (χ4n) is 2.15. The maximum absolute atomic E-state index is 12.3. The topological polar surface area (TPSA) is 43.4 Å². The maximum Gasteiger partial charge on any atom is 0.170 e. The summed E-state index contributed by atoms with van der Waals surface area (Å²) >= 11 is 0. The maximum atomic E-state index is 12.3. The van der Waals surface area contributed by atoms with Gasteiger partial charge in [0.1, 0.15) is 5.75 Å². The van der Waals surface area contributed by atoms with Crippen molar-refractivity contribution in [2.45, 2.75) is 34.1 Å². The molecule has 0 aliphatic rings. The molecule has 132 valence electrons. The van der Waals surface area contributed by atoms with Crippen molar-refractivity contribution in [1.29, 1.82) is 0 Å². The molecule has 0 aliphatic heterocycles. The second-order valence-corrected chi connectivity index (χ2v) is 7.35. The molecule has 0 bridgehead atoms. The van der Waals surface area contributed by atoms with Gasteiger partial charge in [0.15, 0.2) is 11.6 Å². The Labute approximate surface area is 150 Å². The summed E-state index contributed by atoms with van der Waals surface area (Å²) in [6.07, 6.45) is -0.120. The van der Waals surface area contributed by atoms with Crippen molar-refractivity contribution in [3.05, 3.63) is 65.7 Å². The number of hydrogen-bond acceptors (Lipinski definition) is 3. The summed E-state index contributed by atoms with van der Waals surface area (Å²) < 4.78 is 5.84. The van der Waals surface area contributed by atoms with Gasteiger partial charge in [-0.15, -0.1) is 0 Å². The lowest BCUT2D eigenvalue weighted by molar-refractivity contribution is 0.0894. The Morgan fingerprint density at radius 1 is 0.880 bits per heavy atom. The van der Waals surface area contributed by atoms with E-state index in [1.807, 2.05) is 6.07 Å². The average molecular weight is 338 g/mol. The lowest BCUT2D eigenvalue weighted by Crippen LogP contribution is -2.27. The number of ether oxygens (including phenoxy) is 1. The van der Waals surface area contributed by atoms with Gasteiger partial charge in [0.25, 0.3) is 0 Å². The second kappa shape index (κ2) is 8.11. The minimum Gasteiger partial charge on any atom is -0.493 e. The van der Waals surface area contributed by atoms with E-state index in [9.17, 15) is 9.59 Å². The molecule has 2 aromatic rings. The van der Waals surface area contributed by atoms with Crippen LogP contribution in [0.25, 0.3) is 0 Å². The van der Waals surface area contributed by atoms with Gasteiger partial charge in [-0.25, -0.2) is 0 Å². The normalized spacial score (nSPS) is 11.4. The highest BCUT2D eigenvalue weighted by Gasteiger charge is 2.23. The van der Waals surface area contributed by atoms with Crippen LogP contribution < -0.4 is 4.74 Å². The Bertz CT molecular complexity index is 713. The molecule has 0 spiro atoms. The van der Waals surface area contributed by atoms with Crippen molar-refractivity contribution in [3.8, 4) is 5.75 Å². The van der Waals surface area contributed by atoms with E-state index in [0.717, 1.165) is 5.75 Å². The monoisotopic (exact) mass is 338 g/mol. The molecule has 0 N–H and O–H groups in total. The van der Waals surface area contributed by atoms with Gasteiger partial charge in [0.2, 0.25) is 0 Å². The summed E-state index contributed by atoms with van der Waals surface area (Å²) in [5.41, 5.74) is 1.17. The van der Waals surface area contributed by atoms with Crippen molar-refractivity contribution >= 4 is 11.6 Å². The number of benzene rings is 2. The van der Waals surface area contributed by atoms with Gasteiger partial charge in [0, 0.05) is 16.5 Å². The Hall–Kier alpha value is -2.42. The number of rotatable bonds is 8. The Kier molecular flexibility index (Phi) is 6.13. The molecule has 25 heavy (non-hydrogen) atoms. The summed E-state index contributed by atoms with van der Waals surface area (Å²) in [7, 11) is 0. The highest BCUT2D eigenvalue weighted by Crippen LogP contribution is 2.27. The van der Waals surface area contributed by atoms with E-state index in [0.29, 0.717) is 23.7 Å². The minimum absolute atomic E-state index is 0.0800. The first-order valence-electron chi connectivity index (χ1n) is 8.64. The lowest BCUT2D eigenvalue weighted by Gasteiger charge is -2.28. The molecule has 0 saturated heterocycles. The zero-order valence-electron chi connectivity index (χ0n) is 15.4. The van der Waals surface area contributed by atoms with Crippen LogP contribution in [0.1, 0.15) is 54.8 Å². The highest BCUT2D eigenvalue weighted by atomic mass is 16.5. The summed E-state index contributed by atoms with van der Waals surface area (Å²) in [6.45, 7) is 9.31. The largest absolute Gasteiger partial charge is 0.493 e. The first-order chi connectivity index (χ1) is 11.8. The number of Topliss-reactive ketones (excluding diaryl/α,β-unsaturated/α-hetero) is 2. The van der Waals surface area contributed by atoms with Crippen molar-refractivity contribution in [2.75, 3.05) is 6.61 Å². The van der Waals surface area contributed by atoms with Crippen molar-refractivity contribution < 1.29 is 14.3 Å². The minimum atomic E-state index is -0.178. The van der Waals surface area contributed by atoms with E-state index >= 15 is 0 Å². The van der Waals surface area contributed by atoms with Gasteiger partial charge in [-0.05, 0) is 30.2 Å². The van der Waals surface area contributed by atoms with Crippen LogP contribution in [0.2, 0.25) is 0 Å². The highest BCUT2D eigenvalue weighted by molar-refractivity contribution is 6.13. The molecule has 0 saturated carbocycles.